The third kappa shape index (κ3) is 4.16. The van der Waals surface area contributed by atoms with Crippen molar-refractivity contribution in [2.24, 2.45) is 5.41 Å². The first-order valence-corrected chi connectivity index (χ1v) is 6.31. The number of aliphatic hydroxyl groups is 1. The Kier molecular flexibility index (Phi) is 4.77. The van der Waals surface area contributed by atoms with Gasteiger partial charge in [0.25, 0.3) is 5.91 Å². The van der Waals surface area contributed by atoms with Gasteiger partial charge in [-0.15, -0.1) is 0 Å². The fourth-order valence-corrected chi connectivity index (χ4v) is 1.82. The molecule has 1 aromatic rings. The summed E-state index contributed by atoms with van der Waals surface area (Å²) in [5.41, 5.74) is -0.109. The number of carbonyl (C=O) groups excluding carboxylic acids is 1. The zero-order valence-corrected chi connectivity index (χ0v) is 11.9. The minimum atomic E-state index is -0.260. The summed E-state index contributed by atoms with van der Waals surface area (Å²) in [6, 6.07) is 3.19. The summed E-state index contributed by atoms with van der Waals surface area (Å²) in [6.07, 6.45) is 0.525. The molecule has 1 rings (SSSR count). The van der Waals surface area contributed by atoms with E-state index < -0.39 is 0 Å². The predicted molar refractivity (Wildman–Crippen MR) is 68.8 cm³/mol. The van der Waals surface area contributed by atoms with Gasteiger partial charge < -0.3 is 14.8 Å². The summed E-state index contributed by atoms with van der Waals surface area (Å²) in [5.74, 6) is 0.00754. The smallest absolute Gasteiger partial charge is 0.287 e. The quantitative estimate of drug-likeness (QED) is 0.898. The summed E-state index contributed by atoms with van der Waals surface area (Å²) >= 11 is 3.15. The fraction of sp³-hybridized carbons (Fsp3) is 0.583. The molecule has 1 heterocycles. The van der Waals surface area contributed by atoms with E-state index in [1.165, 1.54) is 0 Å². The Morgan fingerprint density at radius 1 is 1.53 bits per heavy atom. The van der Waals surface area contributed by atoms with Gasteiger partial charge in [0.1, 0.15) is 0 Å². The van der Waals surface area contributed by atoms with Gasteiger partial charge in [0.05, 0.1) is 0 Å². The van der Waals surface area contributed by atoms with Gasteiger partial charge in [-0.1, -0.05) is 20.8 Å². The predicted octanol–water partition coefficient (Wildman–Crippen LogP) is 2.57. The zero-order valence-electron chi connectivity index (χ0n) is 10.3. The van der Waals surface area contributed by atoms with Gasteiger partial charge in [-0.25, -0.2) is 0 Å². The molecule has 0 radical (unpaired) electrons. The first kappa shape index (κ1) is 14.3. The molecule has 5 heteroatoms. The first-order chi connectivity index (χ1) is 7.84. The molecule has 0 aromatic carbocycles. The van der Waals surface area contributed by atoms with Crippen LogP contribution in [0, 0.1) is 5.41 Å². The Labute approximate surface area is 110 Å². The number of carbonyl (C=O) groups is 1. The Hall–Kier alpha value is -0.810. The zero-order chi connectivity index (χ0) is 13.1. The van der Waals surface area contributed by atoms with E-state index in [4.69, 9.17) is 9.52 Å². The average molecular weight is 304 g/mol. The Morgan fingerprint density at radius 3 is 2.59 bits per heavy atom. The summed E-state index contributed by atoms with van der Waals surface area (Å²) in [6.45, 7) is 6.10. The molecule has 1 aromatic heterocycles. The van der Waals surface area contributed by atoms with Crippen LogP contribution in [0.2, 0.25) is 0 Å². The van der Waals surface area contributed by atoms with Crippen molar-refractivity contribution < 1.29 is 14.3 Å². The van der Waals surface area contributed by atoms with E-state index in [1.54, 1.807) is 12.1 Å². The number of rotatable bonds is 4. The van der Waals surface area contributed by atoms with E-state index in [9.17, 15) is 4.79 Å². The third-order valence-electron chi connectivity index (χ3n) is 2.57. The minimum absolute atomic E-state index is 0.0457. The summed E-state index contributed by atoms with van der Waals surface area (Å²) < 4.78 is 5.70. The third-order valence-corrected chi connectivity index (χ3v) is 2.99. The SMILES string of the molecule is CC(C)(C)C(CCO)NC(=O)c1ccc(Br)o1. The summed E-state index contributed by atoms with van der Waals surface area (Å²) in [4.78, 5) is 11.9. The lowest BCUT2D eigenvalue weighted by molar-refractivity contribution is 0.0856. The number of amides is 1. The highest BCUT2D eigenvalue weighted by atomic mass is 79.9. The summed E-state index contributed by atoms with van der Waals surface area (Å²) in [7, 11) is 0. The van der Waals surface area contributed by atoms with E-state index >= 15 is 0 Å². The highest BCUT2D eigenvalue weighted by Gasteiger charge is 2.26. The van der Waals surface area contributed by atoms with Gasteiger partial charge in [0, 0.05) is 12.6 Å². The molecule has 1 amide bonds. The molecule has 1 unspecified atom stereocenters. The molecule has 0 fully saturated rings. The number of hydrogen-bond donors (Lipinski definition) is 2. The van der Waals surface area contributed by atoms with Gasteiger partial charge in [0.15, 0.2) is 10.4 Å². The van der Waals surface area contributed by atoms with E-state index in [0.717, 1.165) is 0 Å². The number of hydrogen-bond acceptors (Lipinski definition) is 3. The van der Waals surface area contributed by atoms with Crippen molar-refractivity contribution >= 4 is 21.8 Å². The number of furan rings is 1. The van der Waals surface area contributed by atoms with Gasteiger partial charge in [0.2, 0.25) is 0 Å². The second-order valence-corrected chi connectivity index (χ2v) is 5.79. The lowest BCUT2D eigenvalue weighted by Crippen LogP contribution is -2.44. The van der Waals surface area contributed by atoms with Crippen molar-refractivity contribution in [3.05, 3.63) is 22.6 Å². The van der Waals surface area contributed by atoms with E-state index in [2.05, 4.69) is 21.2 Å². The Morgan fingerprint density at radius 2 is 2.18 bits per heavy atom. The second kappa shape index (κ2) is 5.69. The van der Waals surface area contributed by atoms with Crippen LogP contribution in [0.1, 0.15) is 37.7 Å². The molecule has 0 saturated heterocycles. The molecule has 0 bridgehead atoms. The monoisotopic (exact) mass is 303 g/mol. The van der Waals surface area contributed by atoms with Gasteiger partial charge in [-0.2, -0.15) is 0 Å². The Balaban J connectivity index is 2.71. The molecule has 1 atom stereocenters. The van der Waals surface area contributed by atoms with E-state index in [-0.39, 0.29) is 29.7 Å². The first-order valence-electron chi connectivity index (χ1n) is 5.51. The molecule has 0 aliphatic rings. The van der Waals surface area contributed by atoms with Crippen molar-refractivity contribution in [2.45, 2.75) is 33.2 Å². The van der Waals surface area contributed by atoms with Gasteiger partial charge in [-0.05, 0) is 39.9 Å². The Bertz CT molecular complexity index is 381. The van der Waals surface area contributed by atoms with Crippen LogP contribution in [0.3, 0.4) is 0 Å². The van der Waals surface area contributed by atoms with Crippen LogP contribution >= 0.6 is 15.9 Å². The van der Waals surface area contributed by atoms with Crippen molar-refractivity contribution in [3.8, 4) is 0 Å². The van der Waals surface area contributed by atoms with Crippen LogP contribution in [0.4, 0.5) is 0 Å². The van der Waals surface area contributed by atoms with Crippen molar-refractivity contribution in [1.82, 2.24) is 5.32 Å². The molecule has 0 aliphatic heterocycles. The van der Waals surface area contributed by atoms with Crippen molar-refractivity contribution in [2.75, 3.05) is 6.61 Å². The highest BCUT2D eigenvalue weighted by Crippen LogP contribution is 2.22. The topological polar surface area (TPSA) is 62.5 Å². The maximum absolute atomic E-state index is 11.9. The number of aliphatic hydroxyl groups excluding tert-OH is 1. The molecule has 0 aliphatic carbocycles. The number of halogens is 1. The second-order valence-electron chi connectivity index (χ2n) is 5.01. The maximum atomic E-state index is 11.9. The van der Waals surface area contributed by atoms with Crippen LogP contribution in [-0.4, -0.2) is 23.7 Å². The van der Waals surface area contributed by atoms with Gasteiger partial charge in [-0.3, -0.25) is 4.79 Å². The summed E-state index contributed by atoms with van der Waals surface area (Å²) in [5, 5.41) is 11.9. The van der Waals surface area contributed by atoms with Crippen LogP contribution < -0.4 is 5.32 Å². The average Bonchev–Trinajstić information content (AvgIpc) is 2.62. The van der Waals surface area contributed by atoms with Crippen LogP contribution in [0.25, 0.3) is 0 Å². The molecule has 17 heavy (non-hydrogen) atoms. The van der Waals surface area contributed by atoms with Crippen LogP contribution in [-0.2, 0) is 0 Å². The molecular formula is C12H18BrNO3. The lowest BCUT2D eigenvalue weighted by Gasteiger charge is -2.30. The lowest BCUT2D eigenvalue weighted by atomic mass is 9.85. The largest absolute Gasteiger partial charge is 0.444 e. The maximum Gasteiger partial charge on any atom is 0.287 e. The van der Waals surface area contributed by atoms with E-state index in [1.807, 2.05) is 20.8 Å². The molecule has 96 valence electrons. The fourth-order valence-electron chi connectivity index (χ4n) is 1.52. The molecule has 4 nitrogen and oxygen atoms in total. The van der Waals surface area contributed by atoms with Crippen LogP contribution in [0.15, 0.2) is 21.2 Å². The standard InChI is InChI=1S/C12H18BrNO3/c1-12(2,3)9(6-7-15)14-11(16)8-4-5-10(13)17-8/h4-5,9,15H,6-7H2,1-3H3,(H,14,16). The molecular weight excluding hydrogens is 286 g/mol. The van der Waals surface area contributed by atoms with Crippen molar-refractivity contribution in [1.29, 1.82) is 0 Å². The van der Waals surface area contributed by atoms with E-state index in [0.29, 0.717) is 11.1 Å². The highest BCUT2D eigenvalue weighted by molar-refractivity contribution is 9.10. The van der Waals surface area contributed by atoms with Gasteiger partial charge >= 0.3 is 0 Å². The normalized spacial score (nSPS) is 13.5. The van der Waals surface area contributed by atoms with Crippen LogP contribution in [0.5, 0.6) is 0 Å². The molecule has 2 N–H and O–H groups in total. The minimum Gasteiger partial charge on any atom is -0.444 e. The van der Waals surface area contributed by atoms with Crippen molar-refractivity contribution in [3.63, 3.8) is 0 Å². The number of nitrogens with one attached hydrogen (secondary N) is 1. The molecule has 0 spiro atoms. The molecule has 0 saturated carbocycles.